The van der Waals surface area contributed by atoms with Gasteiger partial charge in [-0.1, -0.05) is 60.2 Å². The van der Waals surface area contributed by atoms with Crippen LogP contribution in [0.1, 0.15) is 16.1 Å². The van der Waals surface area contributed by atoms with Gasteiger partial charge in [0.1, 0.15) is 0 Å². The van der Waals surface area contributed by atoms with Gasteiger partial charge < -0.3 is 4.74 Å². The molecule has 0 amide bonds. The first kappa shape index (κ1) is 16.0. The predicted molar refractivity (Wildman–Crippen MR) is 99.9 cm³/mol. The third-order valence-corrected chi connectivity index (χ3v) is 4.24. The van der Waals surface area contributed by atoms with Crippen molar-refractivity contribution in [3.63, 3.8) is 0 Å². The van der Waals surface area contributed by atoms with E-state index in [2.05, 4.69) is 5.10 Å². The number of carbonyl (C=O) groups excluding carboxylic acids is 1. The van der Waals surface area contributed by atoms with Gasteiger partial charge in [0.2, 0.25) is 0 Å². The summed E-state index contributed by atoms with van der Waals surface area (Å²) in [6.07, 6.45) is 0. The molecule has 0 aliphatic heterocycles. The second kappa shape index (κ2) is 6.44. The molecular formula is C21H17N3O2. The summed E-state index contributed by atoms with van der Waals surface area (Å²) in [6.45, 7) is 2.03. The Kier molecular flexibility index (Phi) is 3.97. The van der Waals surface area contributed by atoms with E-state index in [1.807, 2.05) is 67.6 Å². The van der Waals surface area contributed by atoms with Gasteiger partial charge in [-0.05, 0) is 13.0 Å². The Labute approximate surface area is 150 Å². The number of methoxy groups -OCH3 is 1. The number of hydrogen-bond donors (Lipinski definition) is 0. The van der Waals surface area contributed by atoms with Crippen LogP contribution in [0.15, 0.2) is 66.7 Å². The average Bonchev–Trinajstić information content (AvgIpc) is 3.12. The zero-order valence-corrected chi connectivity index (χ0v) is 14.5. The van der Waals surface area contributed by atoms with Crippen LogP contribution in [0.25, 0.3) is 28.2 Å². The summed E-state index contributed by atoms with van der Waals surface area (Å²) in [5.74, 6) is -0.450. The first-order valence-corrected chi connectivity index (χ1v) is 8.27. The largest absolute Gasteiger partial charge is 0.464 e. The highest BCUT2D eigenvalue weighted by atomic mass is 16.5. The van der Waals surface area contributed by atoms with Gasteiger partial charge in [-0.3, -0.25) is 0 Å². The molecule has 0 saturated heterocycles. The van der Waals surface area contributed by atoms with Gasteiger partial charge in [0, 0.05) is 17.2 Å². The van der Waals surface area contributed by atoms with Crippen molar-refractivity contribution in [1.29, 1.82) is 0 Å². The SMILES string of the molecule is COC(=O)c1cc(-c2ccc(C)cc2)nc2cc(-c3ccccc3)nn12. The quantitative estimate of drug-likeness (QED) is 0.524. The van der Waals surface area contributed by atoms with E-state index in [9.17, 15) is 4.79 Å². The van der Waals surface area contributed by atoms with E-state index >= 15 is 0 Å². The van der Waals surface area contributed by atoms with Crippen LogP contribution in [0.3, 0.4) is 0 Å². The van der Waals surface area contributed by atoms with Crippen LogP contribution in [-0.4, -0.2) is 27.7 Å². The summed E-state index contributed by atoms with van der Waals surface area (Å²) >= 11 is 0. The van der Waals surface area contributed by atoms with Crippen LogP contribution in [0.2, 0.25) is 0 Å². The Balaban J connectivity index is 1.93. The summed E-state index contributed by atoms with van der Waals surface area (Å²) in [5, 5.41) is 4.55. The molecule has 0 aliphatic rings. The molecule has 128 valence electrons. The Morgan fingerprint density at radius 3 is 2.31 bits per heavy atom. The maximum Gasteiger partial charge on any atom is 0.356 e. The molecule has 0 atom stereocenters. The lowest BCUT2D eigenvalue weighted by Gasteiger charge is -2.07. The fourth-order valence-corrected chi connectivity index (χ4v) is 2.85. The number of aromatic nitrogens is 3. The average molecular weight is 343 g/mol. The first-order chi connectivity index (χ1) is 12.7. The van der Waals surface area contributed by atoms with Crippen LogP contribution in [0.4, 0.5) is 0 Å². The molecule has 2 heterocycles. The highest BCUT2D eigenvalue weighted by Crippen LogP contribution is 2.24. The number of ether oxygens (including phenoxy) is 1. The normalized spacial score (nSPS) is 10.8. The van der Waals surface area contributed by atoms with E-state index in [1.54, 1.807) is 6.07 Å². The molecule has 0 unspecified atom stereocenters. The van der Waals surface area contributed by atoms with Crippen LogP contribution in [0, 0.1) is 6.92 Å². The van der Waals surface area contributed by atoms with Crippen molar-refractivity contribution >= 4 is 11.6 Å². The fourth-order valence-electron chi connectivity index (χ4n) is 2.85. The molecule has 0 radical (unpaired) electrons. The van der Waals surface area contributed by atoms with Crippen LogP contribution in [-0.2, 0) is 4.74 Å². The highest BCUT2D eigenvalue weighted by molar-refractivity contribution is 5.90. The van der Waals surface area contributed by atoms with E-state index < -0.39 is 5.97 Å². The summed E-state index contributed by atoms with van der Waals surface area (Å²) in [6, 6.07) is 21.4. The molecule has 0 bridgehead atoms. The molecule has 5 nitrogen and oxygen atoms in total. The number of carbonyl (C=O) groups is 1. The number of hydrogen-bond acceptors (Lipinski definition) is 4. The summed E-state index contributed by atoms with van der Waals surface area (Å²) < 4.78 is 6.48. The van der Waals surface area contributed by atoms with Crippen molar-refractivity contribution < 1.29 is 9.53 Å². The topological polar surface area (TPSA) is 56.5 Å². The van der Waals surface area contributed by atoms with E-state index in [-0.39, 0.29) is 0 Å². The lowest BCUT2D eigenvalue weighted by atomic mass is 10.1. The Morgan fingerprint density at radius 1 is 0.923 bits per heavy atom. The van der Waals surface area contributed by atoms with Gasteiger partial charge in [0.25, 0.3) is 0 Å². The van der Waals surface area contributed by atoms with Crippen molar-refractivity contribution in [2.24, 2.45) is 0 Å². The summed E-state index contributed by atoms with van der Waals surface area (Å²) in [5.41, 5.74) is 5.47. The molecule has 2 aromatic carbocycles. The minimum atomic E-state index is -0.450. The molecule has 0 spiro atoms. The molecule has 0 saturated carbocycles. The smallest absolute Gasteiger partial charge is 0.356 e. The Morgan fingerprint density at radius 2 is 1.62 bits per heavy atom. The third kappa shape index (κ3) is 2.84. The fraction of sp³-hybridized carbons (Fsp3) is 0.0952. The molecule has 4 aromatic rings. The minimum absolute atomic E-state index is 0.343. The monoisotopic (exact) mass is 343 g/mol. The highest BCUT2D eigenvalue weighted by Gasteiger charge is 2.17. The number of aryl methyl sites for hydroxylation is 1. The van der Waals surface area contributed by atoms with Crippen molar-refractivity contribution in [1.82, 2.24) is 14.6 Å². The summed E-state index contributed by atoms with van der Waals surface area (Å²) in [7, 11) is 1.36. The van der Waals surface area contributed by atoms with Gasteiger partial charge in [-0.2, -0.15) is 5.10 Å². The van der Waals surface area contributed by atoms with Gasteiger partial charge in [-0.25, -0.2) is 14.3 Å². The van der Waals surface area contributed by atoms with Gasteiger partial charge in [0.15, 0.2) is 11.3 Å². The minimum Gasteiger partial charge on any atom is -0.464 e. The maximum atomic E-state index is 12.3. The molecule has 0 aliphatic carbocycles. The van der Waals surface area contributed by atoms with Crippen molar-refractivity contribution in [3.8, 4) is 22.5 Å². The van der Waals surface area contributed by atoms with Crippen LogP contribution >= 0.6 is 0 Å². The second-order valence-corrected chi connectivity index (χ2v) is 6.05. The Bertz CT molecular complexity index is 1080. The molecule has 26 heavy (non-hydrogen) atoms. The molecule has 4 rings (SSSR count). The van der Waals surface area contributed by atoms with Crippen LogP contribution in [0.5, 0.6) is 0 Å². The Hall–Kier alpha value is -3.47. The van der Waals surface area contributed by atoms with E-state index in [0.29, 0.717) is 17.0 Å². The molecule has 5 heteroatoms. The summed E-state index contributed by atoms with van der Waals surface area (Å²) in [4.78, 5) is 17.0. The lowest BCUT2D eigenvalue weighted by molar-refractivity contribution is 0.0590. The van der Waals surface area contributed by atoms with Crippen molar-refractivity contribution in [2.45, 2.75) is 6.92 Å². The molecule has 2 aromatic heterocycles. The zero-order chi connectivity index (χ0) is 18.1. The molecular weight excluding hydrogens is 326 g/mol. The number of fused-ring (bicyclic) bond motifs is 1. The number of esters is 1. The van der Waals surface area contributed by atoms with Gasteiger partial charge in [0.05, 0.1) is 18.5 Å². The molecule has 0 fully saturated rings. The van der Waals surface area contributed by atoms with Crippen LogP contribution < -0.4 is 0 Å². The number of rotatable bonds is 3. The number of benzene rings is 2. The number of nitrogens with zero attached hydrogens (tertiary/aromatic N) is 3. The first-order valence-electron chi connectivity index (χ1n) is 8.27. The predicted octanol–water partition coefficient (Wildman–Crippen LogP) is 4.16. The van der Waals surface area contributed by atoms with E-state index in [4.69, 9.17) is 9.72 Å². The van der Waals surface area contributed by atoms with Gasteiger partial charge in [-0.15, -0.1) is 0 Å². The van der Waals surface area contributed by atoms with E-state index in [0.717, 1.165) is 16.8 Å². The van der Waals surface area contributed by atoms with Crippen molar-refractivity contribution in [3.05, 3.63) is 78.0 Å². The maximum absolute atomic E-state index is 12.3. The third-order valence-electron chi connectivity index (χ3n) is 4.24. The lowest BCUT2D eigenvalue weighted by Crippen LogP contribution is -2.10. The van der Waals surface area contributed by atoms with Gasteiger partial charge >= 0.3 is 5.97 Å². The second-order valence-electron chi connectivity index (χ2n) is 6.05. The van der Waals surface area contributed by atoms with Crippen molar-refractivity contribution in [2.75, 3.05) is 7.11 Å². The molecule has 0 N–H and O–H groups in total. The zero-order valence-electron chi connectivity index (χ0n) is 14.5. The standard InChI is InChI=1S/C21H17N3O2/c1-14-8-10-16(11-9-14)17-12-19(21(25)26-2)24-20(22-17)13-18(23-24)15-6-4-3-5-7-15/h3-13H,1-2H3. The van der Waals surface area contributed by atoms with E-state index in [1.165, 1.54) is 17.2 Å².